The number of benzene rings is 1. The third-order valence-electron chi connectivity index (χ3n) is 4.72. The van der Waals surface area contributed by atoms with Gasteiger partial charge in [-0.1, -0.05) is 12.1 Å². The molecule has 0 aliphatic carbocycles. The first kappa shape index (κ1) is 10.7. The number of fused-ring (bicyclic) bond motifs is 2. The smallest absolute Gasteiger partial charge is 0.0653 e. The molecule has 4 rings (SSSR count). The lowest BCUT2D eigenvalue weighted by atomic mass is 10.00. The first-order valence-corrected chi connectivity index (χ1v) is 7.19. The number of nitrogens with one attached hydrogen (secondary N) is 1. The minimum Gasteiger partial charge on any atom is -0.366 e. The molecule has 1 fully saturated rings. The molecule has 96 valence electrons. The summed E-state index contributed by atoms with van der Waals surface area (Å²) < 4.78 is 0. The molecule has 1 aromatic carbocycles. The molecule has 0 amide bonds. The Morgan fingerprint density at radius 2 is 2.17 bits per heavy atom. The third kappa shape index (κ3) is 1.40. The molecule has 0 radical (unpaired) electrons. The van der Waals surface area contributed by atoms with E-state index in [2.05, 4.69) is 34.2 Å². The van der Waals surface area contributed by atoms with Crippen molar-refractivity contribution in [2.45, 2.75) is 32.4 Å². The molecular weight excluding hydrogens is 222 g/mol. The maximum atomic E-state index is 3.55. The van der Waals surface area contributed by atoms with Gasteiger partial charge in [0.25, 0.3) is 0 Å². The molecule has 3 heterocycles. The summed E-state index contributed by atoms with van der Waals surface area (Å²) in [6.45, 7) is 8.05. The highest BCUT2D eigenvalue weighted by atomic mass is 15.3. The van der Waals surface area contributed by atoms with Gasteiger partial charge in [0.2, 0.25) is 0 Å². The van der Waals surface area contributed by atoms with Gasteiger partial charge in [0.05, 0.1) is 11.4 Å². The predicted octanol–water partition coefficient (Wildman–Crippen LogP) is 1.89. The van der Waals surface area contributed by atoms with E-state index in [1.165, 1.54) is 48.4 Å². The summed E-state index contributed by atoms with van der Waals surface area (Å²) in [4.78, 5) is 5.31. The standard InChI is InChI=1S/C15H21N3/c1-11-4-5-12-9-16-6-8-17-10-13-3-2-7-18(13)14(11)15(12)17/h4-5,13,16H,2-3,6-10H2,1H3. The summed E-state index contributed by atoms with van der Waals surface area (Å²) in [5, 5.41) is 3.55. The summed E-state index contributed by atoms with van der Waals surface area (Å²) in [7, 11) is 0. The Morgan fingerprint density at radius 3 is 3.11 bits per heavy atom. The molecule has 0 aromatic heterocycles. The molecule has 1 unspecified atom stereocenters. The van der Waals surface area contributed by atoms with Crippen molar-refractivity contribution < 1.29 is 0 Å². The number of anilines is 2. The highest BCUT2D eigenvalue weighted by Gasteiger charge is 2.36. The van der Waals surface area contributed by atoms with E-state index in [1.54, 1.807) is 0 Å². The Morgan fingerprint density at radius 1 is 1.22 bits per heavy atom. The van der Waals surface area contributed by atoms with E-state index >= 15 is 0 Å². The van der Waals surface area contributed by atoms with Gasteiger partial charge in [0.1, 0.15) is 0 Å². The van der Waals surface area contributed by atoms with E-state index in [9.17, 15) is 0 Å². The lowest BCUT2D eigenvalue weighted by Gasteiger charge is -2.42. The fourth-order valence-electron chi connectivity index (χ4n) is 3.89. The molecule has 1 atom stereocenters. The molecule has 0 bridgehead atoms. The minimum absolute atomic E-state index is 0.754. The molecule has 3 heteroatoms. The first-order valence-electron chi connectivity index (χ1n) is 7.19. The van der Waals surface area contributed by atoms with E-state index < -0.39 is 0 Å². The zero-order valence-corrected chi connectivity index (χ0v) is 11.1. The average molecular weight is 243 g/mol. The maximum Gasteiger partial charge on any atom is 0.0653 e. The van der Waals surface area contributed by atoms with Crippen molar-refractivity contribution in [3.63, 3.8) is 0 Å². The zero-order valence-electron chi connectivity index (χ0n) is 11.1. The Bertz CT molecular complexity index is 483. The fourth-order valence-corrected chi connectivity index (χ4v) is 3.89. The van der Waals surface area contributed by atoms with Crippen molar-refractivity contribution in [3.8, 4) is 0 Å². The summed E-state index contributed by atoms with van der Waals surface area (Å²) in [6, 6.07) is 5.38. The van der Waals surface area contributed by atoms with E-state index in [0.29, 0.717) is 0 Å². The van der Waals surface area contributed by atoms with Crippen LogP contribution in [0.2, 0.25) is 0 Å². The number of hydrogen-bond donors (Lipinski definition) is 1. The molecule has 3 aliphatic rings. The van der Waals surface area contributed by atoms with Crippen molar-refractivity contribution in [1.29, 1.82) is 0 Å². The third-order valence-corrected chi connectivity index (χ3v) is 4.72. The molecule has 18 heavy (non-hydrogen) atoms. The molecule has 3 aliphatic heterocycles. The normalized spacial score (nSPS) is 25.7. The molecule has 0 spiro atoms. The van der Waals surface area contributed by atoms with Crippen LogP contribution in [0.4, 0.5) is 11.4 Å². The van der Waals surface area contributed by atoms with Gasteiger partial charge in [0, 0.05) is 38.8 Å². The van der Waals surface area contributed by atoms with Gasteiger partial charge in [-0.25, -0.2) is 0 Å². The van der Waals surface area contributed by atoms with E-state index in [-0.39, 0.29) is 0 Å². The Kier molecular flexibility index (Phi) is 2.31. The van der Waals surface area contributed by atoms with Crippen LogP contribution in [0, 0.1) is 6.92 Å². The average Bonchev–Trinajstić information content (AvgIpc) is 2.74. The molecule has 1 aromatic rings. The van der Waals surface area contributed by atoms with Crippen LogP contribution in [-0.2, 0) is 6.54 Å². The van der Waals surface area contributed by atoms with E-state index in [4.69, 9.17) is 0 Å². The second kappa shape index (κ2) is 3.89. The van der Waals surface area contributed by atoms with Gasteiger partial charge < -0.3 is 15.1 Å². The Balaban J connectivity index is 1.93. The predicted molar refractivity (Wildman–Crippen MR) is 75.5 cm³/mol. The van der Waals surface area contributed by atoms with Crippen molar-refractivity contribution in [2.24, 2.45) is 0 Å². The van der Waals surface area contributed by atoms with Crippen LogP contribution in [0.5, 0.6) is 0 Å². The quantitative estimate of drug-likeness (QED) is 0.750. The van der Waals surface area contributed by atoms with Crippen LogP contribution in [0.25, 0.3) is 0 Å². The van der Waals surface area contributed by atoms with Crippen LogP contribution in [0.15, 0.2) is 12.1 Å². The molecule has 1 N–H and O–H groups in total. The van der Waals surface area contributed by atoms with E-state index in [1.807, 2.05) is 0 Å². The first-order chi connectivity index (χ1) is 8.84. The van der Waals surface area contributed by atoms with Crippen LogP contribution < -0.4 is 15.1 Å². The van der Waals surface area contributed by atoms with Gasteiger partial charge in [-0.2, -0.15) is 0 Å². The maximum absolute atomic E-state index is 3.55. The van der Waals surface area contributed by atoms with Crippen LogP contribution in [0.1, 0.15) is 24.0 Å². The van der Waals surface area contributed by atoms with E-state index in [0.717, 1.165) is 25.7 Å². The van der Waals surface area contributed by atoms with Gasteiger partial charge in [0.15, 0.2) is 0 Å². The van der Waals surface area contributed by atoms with Gasteiger partial charge in [-0.3, -0.25) is 0 Å². The lowest BCUT2D eigenvalue weighted by molar-refractivity contribution is 0.600. The second-order valence-corrected chi connectivity index (χ2v) is 5.85. The van der Waals surface area contributed by atoms with Crippen molar-refractivity contribution in [2.75, 3.05) is 36.0 Å². The lowest BCUT2D eigenvalue weighted by Crippen LogP contribution is -2.47. The summed E-state index contributed by atoms with van der Waals surface area (Å²) >= 11 is 0. The fraction of sp³-hybridized carbons (Fsp3) is 0.600. The minimum atomic E-state index is 0.754. The summed E-state index contributed by atoms with van der Waals surface area (Å²) in [5.41, 5.74) is 5.99. The molecular formula is C15H21N3. The highest BCUT2D eigenvalue weighted by molar-refractivity contribution is 5.81. The zero-order chi connectivity index (χ0) is 12.1. The topological polar surface area (TPSA) is 18.5 Å². The molecule has 0 saturated carbocycles. The van der Waals surface area contributed by atoms with Gasteiger partial charge in [-0.05, 0) is 30.9 Å². The van der Waals surface area contributed by atoms with Crippen LogP contribution in [0.3, 0.4) is 0 Å². The Hall–Kier alpha value is -1.22. The number of hydrogen-bond acceptors (Lipinski definition) is 3. The molecule has 3 nitrogen and oxygen atoms in total. The molecule has 1 saturated heterocycles. The van der Waals surface area contributed by atoms with Gasteiger partial charge >= 0.3 is 0 Å². The number of nitrogens with zero attached hydrogens (tertiary/aromatic N) is 2. The monoisotopic (exact) mass is 243 g/mol. The van der Waals surface area contributed by atoms with Crippen molar-refractivity contribution in [1.82, 2.24) is 5.32 Å². The van der Waals surface area contributed by atoms with Crippen molar-refractivity contribution in [3.05, 3.63) is 23.3 Å². The van der Waals surface area contributed by atoms with Gasteiger partial charge in [-0.15, -0.1) is 0 Å². The Labute approximate surface area is 109 Å². The largest absolute Gasteiger partial charge is 0.366 e. The number of rotatable bonds is 0. The summed E-state index contributed by atoms with van der Waals surface area (Å²) in [6.07, 6.45) is 2.73. The van der Waals surface area contributed by atoms with Crippen LogP contribution >= 0.6 is 0 Å². The summed E-state index contributed by atoms with van der Waals surface area (Å²) in [5.74, 6) is 0. The second-order valence-electron chi connectivity index (χ2n) is 5.85. The SMILES string of the molecule is Cc1ccc2c3c1N1CCCC1CN3CCNC2. The number of aryl methyl sites for hydroxylation is 1. The van der Waals surface area contributed by atoms with Crippen molar-refractivity contribution >= 4 is 11.4 Å². The van der Waals surface area contributed by atoms with Crippen LogP contribution in [-0.4, -0.2) is 32.2 Å². The highest BCUT2D eigenvalue weighted by Crippen LogP contribution is 2.44.